The second-order valence-electron chi connectivity index (χ2n) is 6.29. The number of thiocarbonyl (C=S) groups is 1. The standard InChI is InChI=1S/C20H20FN3OS/c1-11-7-6-10-16(12(11)2)23-19(25)17-13(3)22-20(26)24-18(17)14-8-4-5-9-15(14)21/h4-10,18H,1-3H3,(H,23,25)(H2,22,24,26). The third-order valence-corrected chi connectivity index (χ3v) is 4.80. The summed E-state index contributed by atoms with van der Waals surface area (Å²) in [4.78, 5) is 13.0. The molecule has 0 saturated carbocycles. The van der Waals surface area contributed by atoms with Gasteiger partial charge in [0.25, 0.3) is 5.91 Å². The molecule has 4 nitrogen and oxygen atoms in total. The van der Waals surface area contributed by atoms with Crippen LogP contribution in [0.5, 0.6) is 0 Å². The molecule has 2 aromatic carbocycles. The first-order valence-electron chi connectivity index (χ1n) is 8.28. The Morgan fingerprint density at radius 2 is 1.85 bits per heavy atom. The van der Waals surface area contributed by atoms with Crippen molar-refractivity contribution < 1.29 is 9.18 Å². The predicted molar refractivity (Wildman–Crippen MR) is 105 cm³/mol. The Kier molecular flexibility index (Phi) is 5.04. The van der Waals surface area contributed by atoms with E-state index in [2.05, 4.69) is 16.0 Å². The molecule has 1 amide bonds. The summed E-state index contributed by atoms with van der Waals surface area (Å²) in [7, 11) is 0. The zero-order valence-corrected chi connectivity index (χ0v) is 15.6. The number of benzene rings is 2. The molecule has 0 bridgehead atoms. The Hall–Kier alpha value is -2.73. The van der Waals surface area contributed by atoms with E-state index in [1.54, 1.807) is 25.1 Å². The molecule has 3 N–H and O–H groups in total. The van der Waals surface area contributed by atoms with Crippen LogP contribution in [0.2, 0.25) is 0 Å². The van der Waals surface area contributed by atoms with E-state index < -0.39 is 6.04 Å². The van der Waals surface area contributed by atoms with Crippen LogP contribution in [0.3, 0.4) is 0 Å². The van der Waals surface area contributed by atoms with E-state index >= 15 is 0 Å². The third kappa shape index (κ3) is 3.46. The van der Waals surface area contributed by atoms with Crippen LogP contribution in [0.25, 0.3) is 0 Å². The summed E-state index contributed by atoms with van der Waals surface area (Å²) >= 11 is 5.20. The number of hydrogen-bond donors (Lipinski definition) is 3. The lowest BCUT2D eigenvalue weighted by molar-refractivity contribution is -0.113. The van der Waals surface area contributed by atoms with Gasteiger partial charge in [-0.2, -0.15) is 0 Å². The minimum Gasteiger partial charge on any atom is -0.351 e. The molecule has 0 aliphatic carbocycles. The number of halogens is 1. The minimum atomic E-state index is -0.657. The smallest absolute Gasteiger partial charge is 0.255 e. The van der Waals surface area contributed by atoms with Gasteiger partial charge in [0.05, 0.1) is 11.6 Å². The van der Waals surface area contributed by atoms with E-state index in [0.717, 1.165) is 16.8 Å². The van der Waals surface area contributed by atoms with Gasteiger partial charge in [0.1, 0.15) is 5.82 Å². The van der Waals surface area contributed by atoms with Gasteiger partial charge in [-0.25, -0.2) is 4.39 Å². The van der Waals surface area contributed by atoms with E-state index in [9.17, 15) is 9.18 Å². The van der Waals surface area contributed by atoms with Crippen molar-refractivity contribution in [2.75, 3.05) is 5.32 Å². The molecule has 2 aromatic rings. The lowest BCUT2D eigenvalue weighted by Gasteiger charge is -2.30. The van der Waals surface area contributed by atoms with Crippen LogP contribution in [-0.4, -0.2) is 11.0 Å². The highest BCUT2D eigenvalue weighted by atomic mass is 32.1. The van der Waals surface area contributed by atoms with E-state index in [-0.39, 0.29) is 11.7 Å². The second-order valence-corrected chi connectivity index (χ2v) is 6.70. The maximum absolute atomic E-state index is 14.4. The largest absolute Gasteiger partial charge is 0.351 e. The molecule has 0 radical (unpaired) electrons. The molecule has 134 valence electrons. The second kappa shape index (κ2) is 7.25. The van der Waals surface area contributed by atoms with E-state index in [0.29, 0.717) is 21.9 Å². The summed E-state index contributed by atoms with van der Waals surface area (Å²) in [6.07, 6.45) is 0. The Bertz CT molecular complexity index is 923. The van der Waals surface area contributed by atoms with Crippen LogP contribution < -0.4 is 16.0 Å². The zero-order valence-electron chi connectivity index (χ0n) is 14.8. The third-order valence-electron chi connectivity index (χ3n) is 4.58. The van der Waals surface area contributed by atoms with Gasteiger partial charge < -0.3 is 16.0 Å². The van der Waals surface area contributed by atoms with Crippen LogP contribution >= 0.6 is 12.2 Å². The number of amides is 1. The first kappa shape index (κ1) is 18.1. The highest BCUT2D eigenvalue weighted by molar-refractivity contribution is 7.80. The van der Waals surface area contributed by atoms with Crippen molar-refractivity contribution in [2.45, 2.75) is 26.8 Å². The molecule has 1 unspecified atom stereocenters. The fourth-order valence-corrected chi connectivity index (χ4v) is 3.28. The molecule has 1 atom stereocenters. The van der Waals surface area contributed by atoms with Gasteiger partial charge in [0.2, 0.25) is 0 Å². The molecule has 6 heteroatoms. The monoisotopic (exact) mass is 369 g/mol. The lowest BCUT2D eigenvalue weighted by Crippen LogP contribution is -2.46. The van der Waals surface area contributed by atoms with Crippen molar-refractivity contribution in [2.24, 2.45) is 0 Å². The average Bonchev–Trinajstić information content (AvgIpc) is 2.58. The van der Waals surface area contributed by atoms with Gasteiger partial charge in [-0.1, -0.05) is 30.3 Å². The van der Waals surface area contributed by atoms with Crippen molar-refractivity contribution in [3.05, 3.63) is 76.2 Å². The van der Waals surface area contributed by atoms with Crippen LogP contribution in [0.4, 0.5) is 10.1 Å². The molecule has 26 heavy (non-hydrogen) atoms. The normalized spacial score (nSPS) is 16.8. The van der Waals surface area contributed by atoms with Crippen molar-refractivity contribution in [1.29, 1.82) is 0 Å². The number of anilines is 1. The topological polar surface area (TPSA) is 53.2 Å². The number of carbonyl (C=O) groups excluding carboxylic acids is 1. The molecule has 0 aromatic heterocycles. The fraction of sp³-hybridized carbons (Fsp3) is 0.200. The van der Waals surface area contributed by atoms with Crippen molar-refractivity contribution in [3.8, 4) is 0 Å². The zero-order chi connectivity index (χ0) is 18.8. The van der Waals surface area contributed by atoms with Crippen molar-refractivity contribution in [3.63, 3.8) is 0 Å². The minimum absolute atomic E-state index is 0.299. The number of rotatable bonds is 3. The molecular weight excluding hydrogens is 349 g/mol. The van der Waals surface area contributed by atoms with E-state index in [1.165, 1.54) is 6.07 Å². The predicted octanol–water partition coefficient (Wildman–Crippen LogP) is 3.87. The maximum Gasteiger partial charge on any atom is 0.255 e. The summed E-state index contributed by atoms with van der Waals surface area (Å²) in [5.74, 6) is -0.688. The Balaban J connectivity index is 2.00. The SMILES string of the molecule is CC1=C(C(=O)Nc2cccc(C)c2C)C(c2ccccc2F)NC(=S)N1. The average molecular weight is 369 g/mol. The summed E-state index contributed by atoms with van der Waals surface area (Å²) in [5, 5.41) is 9.27. The molecular formula is C20H20FN3OS. The summed E-state index contributed by atoms with van der Waals surface area (Å²) in [5.41, 5.74) is 4.20. The number of aryl methyl sites for hydroxylation is 1. The molecule has 1 aliphatic rings. The van der Waals surface area contributed by atoms with Gasteiger partial charge in [-0.15, -0.1) is 0 Å². The molecule has 1 aliphatic heterocycles. The van der Waals surface area contributed by atoms with Crippen molar-refractivity contribution in [1.82, 2.24) is 10.6 Å². The van der Waals surface area contributed by atoms with E-state index in [4.69, 9.17) is 12.2 Å². The van der Waals surface area contributed by atoms with Gasteiger partial charge in [-0.3, -0.25) is 4.79 Å². The number of carbonyl (C=O) groups is 1. The Morgan fingerprint density at radius 3 is 2.58 bits per heavy atom. The summed E-state index contributed by atoms with van der Waals surface area (Å²) in [6.45, 7) is 5.70. The highest BCUT2D eigenvalue weighted by Crippen LogP contribution is 2.30. The molecule has 1 heterocycles. The quantitative estimate of drug-likeness (QED) is 0.719. The number of hydrogen-bond acceptors (Lipinski definition) is 2. The first-order valence-corrected chi connectivity index (χ1v) is 8.69. The highest BCUT2D eigenvalue weighted by Gasteiger charge is 2.31. The summed E-state index contributed by atoms with van der Waals surface area (Å²) < 4.78 is 14.4. The van der Waals surface area contributed by atoms with Crippen LogP contribution in [0.15, 0.2) is 53.7 Å². The first-order chi connectivity index (χ1) is 12.4. The number of allylic oxidation sites excluding steroid dienone is 1. The van der Waals surface area contributed by atoms with Crippen molar-refractivity contribution >= 4 is 28.9 Å². The van der Waals surface area contributed by atoms with Crippen LogP contribution in [0, 0.1) is 19.7 Å². The van der Waals surface area contributed by atoms with Gasteiger partial charge in [-0.05, 0) is 56.2 Å². The number of nitrogens with one attached hydrogen (secondary N) is 3. The molecule has 0 fully saturated rings. The molecule has 0 saturated heterocycles. The van der Waals surface area contributed by atoms with Gasteiger partial charge in [0.15, 0.2) is 5.11 Å². The Labute approximate surface area is 157 Å². The fourth-order valence-electron chi connectivity index (χ4n) is 3.01. The molecule has 3 rings (SSSR count). The van der Waals surface area contributed by atoms with Gasteiger partial charge in [0, 0.05) is 16.9 Å². The lowest BCUT2D eigenvalue weighted by atomic mass is 9.94. The van der Waals surface area contributed by atoms with Gasteiger partial charge >= 0.3 is 0 Å². The maximum atomic E-state index is 14.4. The van der Waals surface area contributed by atoms with Crippen LogP contribution in [0.1, 0.15) is 29.7 Å². The molecule has 0 spiro atoms. The van der Waals surface area contributed by atoms with Crippen LogP contribution in [-0.2, 0) is 4.79 Å². The van der Waals surface area contributed by atoms with E-state index in [1.807, 2.05) is 32.0 Å². The Morgan fingerprint density at radius 1 is 1.12 bits per heavy atom. The summed E-state index contributed by atoms with van der Waals surface area (Å²) in [6, 6.07) is 11.4.